The van der Waals surface area contributed by atoms with Crippen LogP contribution in [-0.2, 0) is 19.1 Å². The fourth-order valence-electron chi connectivity index (χ4n) is 5.56. The minimum absolute atomic E-state index is 0.366. The van der Waals surface area contributed by atoms with E-state index in [-0.39, 0.29) is 0 Å². The predicted molar refractivity (Wildman–Crippen MR) is 128 cm³/mol. The fraction of sp³-hybridized carbons (Fsp3) is 1.00. The van der Waals surface area contributed by atoms with Crippen LogP contribution in [0.5, 0.6) is 0 Å². The summed E-state index contributed by atoms with van der Waals surface area (Å²) in [6.07, 6.45) is 11.6. The van der Waals surface area contributed by atoms with Crippen molar-refractivity contribution in [3.63, 3.8) is 0 Å². The van der Waals surface area contributed by atoms with E-state index in [1.54, 1.807) is 0 Å². The molecule has 0 aliphatic carbocycles. The number of rotatable bonds is 20. The van der Waals surface area contributed by atoms with Crippen molar-refractivity contribution in [3.05, 3.63) is 0 Å². The fourth-order valence-corrected chi connectivity index (χ4v) is 12.6. The zero-order valence-electron chi connectivity index (χ0n) is 21.8. The van der Waals surface area contributed by atoms with Crippen LogP contribution in [0.15, 0.2) is 0 Å². The quantitative estimate of drug-likeness (QED) is 0.181. The van der Waals surface area contributed by atoms with E-state index in [0.29, 0.717) is 77.0 Å². The molecule has 0 aromatic rings. The molecule has 0 bridgehead atoms. The molecule has 0 heterocycles. The molecule has 4 nitrogen and oxygen atoms in total. The summed E-state index contributed by atoms with van der Waals surface area (Å²) in [4.78, 5) is 0. The summed E-state index contributed by atoms with van der Waals surface area (Å²) >= 11 is -7.74. The van der Waals surface area contributed by atoms with Crippen LogP contribution in [-0.4, -0.2) is 8.32 Å². The van der Waals surface area contributed by atoms with Crippen molar-refractivity contribution in [1.82, 2.24) is 0 Å². The first-order valence-corrected chi connectivity index (χ1v) is 16.9. The summed E-state index contributed by atoms with van der Waals surface area (Å²) < 4.78 is 51.7. The predicted octanol–water partition coefficient (Wildman–Crippen LogP) is 9.18. The van der Waals surface area contributed by atoms with Gasteiger partial charge in [-0.3, -0.25) is 0 Å². The molecule has 0 saturated heterocycles. The van der Waals surface area contributed by atoms with Crippen LogP contribution in [0.4, 0.5) is 0 Å². The Morgan fingerprint density at radius 2 is 0.613 bits per heavy atom. The molecule has 0 spiro atoms. The number of hydrogen-bond donors (Lipinski definition) is 2. The van der Waals surface area contributed by atoms with Gasteiger partial charge < -0.3 is 0 Å². The Kier molecular flexibility index (Phi) is 12.5. The maximum atomic E-state index is 15.1. The first-order chi connectivity index (χ1) is 14.4. The van der Waals surface area contributed by atoms with Crippen LogP contribution in [0, 0.1) is 0 Å². The number of hydrogen-bond acceptors (Lipinski definition) is 2. The molecule has 0 atom stereocenters. The van der Waals surface area contributed by atoms with Crippen molar-refractivity contribution in [3.8, 4) is 0 Å². The summed E-state index contributed by atoms with van der Waals surface area (Å²) in [7, 11) is 0. The Labute approximate surface area is 193 Å². The monoisotopic (exact) mass is 484 g/mol. The van der Waals surface area contributed by atoms with E-state index in [0.717, 1.165) is 38.5 Å². The third kappa shape index (κ3) is 6.56. The van der Waals surface area contributed by atoms with Crippen LogP contribution in [0.1, 0.15) is 157 Å². The van der Waals surface area contributed by atoms with E-state index in [9.17, 15) is 8.32 Å². The van der Waals surface area contributed by atoms with Crippen LogP contribution in [0.2, 0.25) is 8.55 Å². The van der Waals surface area contributed by atoms with Crippen molar-refractivity contribution >= 4 is 0 Å². The van der Waals surface area contributed by atoms with Crippen LogP contribution in [0.3, 0.4) is 0 Å². The van der Waals surface area contributed by atoms with E-state index >= 15 is 7.61 Å². The Morgan fingerprint density at radius 1 is 0.452 bits per heavy atom. The molecule has 0 amide bonds. The first-order valence-electron chi connectivity index (χ1n) is 13.5. The number of unbranched alkanes of at least 4 members (excludes halogenated alkanes) is 6. The molecule has 5 heteroatoms. The Balaban J connectivity index is 7.13. The van der Waals surface area contributed by atoms with Gasteiger partial charge in [-0.2, -0.15) is 0 Å². The van der Waals surface area contributed by atoms with E-state index in [1.807, 2.05) is 0 Å². The van der Waals surface area contributed by atoms with Gasteiger partial charge in [0, 0.05) is 0 Å². The molecule has 0 saturated carbocycles. The Hall–Kier alpha value is 0.0525. The van der Waals surface area contributed by atoms with Gasteiger partial charge in [0.2, 0.25) is 0 Å². The van der Waals surface area contributed by atoms with Gasteiger partial charge in [-0.25, -0.2) is 0 Å². The average molecular weight is 485 g/mol. The van der Waals surface area contributed by atoms with Crippen molar-refractivity contribution in [2.24, 2.45) is 0 Å². The SMILES string of the molecule is CCCC[C](CCCC)(CCCC)[Cr](=[O])(=[O])([OH])([OH])[C](CCCC)(CCCC)CCCC. The van der Waals surface area contributed by atoms with E-state index in [4.69, 9.17) is 0 Å². The second-order valence-corrected chi connectivity index (χ2v) is 16.8. The molecule has 190 valence electrons. The van der Waals surface area contributed by atoms with Crippen LogP contribution in [0.25, 0.3) is 0 Å². The third-order valence-corrected chi connectivity index (χ3v) is 15.7. The zero-order chi connectivity index (χ0) is 24.1. The normalized spacial score (nSPS) is 15.6. The van der Waals surface area contributed by atoms with Gasteiger partial charge in [-0.15, -0.1) is 0 Å². The van der Waals surface area contributed by atoms with Crippen molar-refractivity contribution in [1.29, 1.82) is 0 Å². The van der Waals surface area contributed by atoms with Crippen molar-refractivity contribution in [2.75, 3.05) is 0 Å². The molecule has 0 aliphatic rings. The molecule has 0 rings (SSSR count). The summed E-state index contributed by atoms with van der Waals surface area (Å²) in [5.74, 6) is 0. The summed E-state index contributed by atoms with van der Waals surface area (Å²) in [5, 5.41) is 0. The summed E-state index contributed by atoms with van der Waals surface area (Å²) in [6, 6.07) is 0. The van der Waals surface area contributed by atoms with Crippen LogP contribution >= 0.6 is 0 Å². The van der Waals surface area contributed by atoms with Gasteiger partial charge >= 0.3 is 193 Å². The van der Waals surface area contributed by atoms with Gasteiger partial charge in [0.25, 0.3) is 0 Å². The van der Waals surface area contributed by atoms with E-state index < -0.39 is 20.0 Å². The molecular formula is C26H56CrO4. The second kappa shape index (κ2) is 12.5. The molecular weight excluding hydrogens is 428 g/mol. The van der Waals surface area contributed by atoms with E-state index in [2.05, 4.69) is 41.5 Å². The molecule has 31 heavy (non-hydrogen) atoms. The zero-order valence-corrected chi connectivity index (χ0v) is 23.1. The molecule has 0 aliphatic heterocycles. The van der Waals surface area contributed by atoms with Crippen molar-refractivity contribution < 1.29 is 27.4 Å². The summed E-state index contributed by atoms with van der Waals surface area (Å²) in [5.41, 5.74) is 0. The van der Waals surface area contributed by atoms with Gasteiger partial charge in [0.15, 0.2) is 0 Å². The van der Waals surface area contributed by atoms with E-state index in [1.165, 1.54) is 0 Å². The molecule has 0 aromatic carbocycles. The molecule has 2 N–H and O–H groups in total. The standard InChI is InChI=1S/2C13H27.Cr.2H2O.2O/c2*1-4-7-10-13(11-8-5-2)12-9-6-3;;;;;/h2*4-12H2,1-3H3;;2*1H2;;/q;;+2;;;;/p-2. The van der Waals surface area contributed by atoms with Crippen molar-refractivity contribution in [2.45, 2.75) is 166 Å². The molecule has 0 radical (unpaired) electrons. The molecule has 0 unspecified atom stereocenters. The molecule has 0 aromatic heterocycles. The summed E-state index contributed by atoms with van der Waals surface area (Å²) in [6.45, 7) is 12.3. The molecule has 0 fully saturated rings. The van der Waals surface area contributed by atoms with Gasteiger partial charge in [-0.1, -0.05) is 0 Å². The Morgan fingerprint density at radius 3 is 0.742 bits per heavy atom. The van der Waals surface area contributed by atoms with Gasteiger partial charge in [-0.05, 0) is 0 Å². The third-order valence-electron chi connectivity index (χ3n) is 7.83. The van der Waals surface area contributed by atoms with Crippen LogP contribution < -0.4 is 0 Å². The Bertz CT molecular complexity index is 559. The van der Waals surface area contributed by atoms with Gasteiger partial charge in [0.1, 0.15) is 0 Å². The minimum atomic E-state index is -7.74. The second-order valence-electron chi connectivity index (χ2n) is 10.2. The topological polar surface area (TPSA) is 74.6 Å². The van der Waals surface area contributed by atoms with Gasteiger partial charge in [0.05, 0.1) is 0 Å². The first kappa shape index (κ1) is 31.1. The maximum absolute atomic E-state index is 15.1. The average Bonchev–Trinajstić information content (AvgIpc) is 2.71.